The highest BCUT2D eigenvalue weighted by Crippen LogP contribution is 2.35. The molecule has 0 unspecified atom stereocenters. The zero-order valence-electron chi connectivity index (χ0n) is 18.9. The van der Waals surface area contributed by atoms with Gasteiger partial charge in [0.15, 0.2) is 0 Å². The van der Waals surface area contributed by atoms with Crippen molar-refractivity contribution in [1.82, 2.24) is 4.98 Å². The lowest BCUT2D eigenvalue weighted by Gasteiger charge is -2.25. The maximum atomic E-state index is 13.7. The molecule has 4 aromatic rings. The highest BCUT2D eigenvalue weighted by atomic mass is 32.2. The fraction of sp³-hybridized carbons (Fsp3) is 0.192. The van der Waals surface area contributed by atoms with Gasteiger partial charge in [0.1, 0.15) is 17.2 Å². The van der Waals surface area contributed by atoms with Crippen molar-refractivity contribution in [3.8, 4) is 17.2 Å². The molecule has 4 rings (SSSR count). The maximum absolute atomic E-state index is 13.7. The second-order valence-electron chi connectivity index (χ2n) is 7.62. The smallest absolute Gasteiger partial charge is 0.264 e. The summed E-state index contributed by atoms with van der Waals surface area (Å²) in [6.45, 7) is 6.07. The highest BCUT2D eigenvalue weighted by Gasteiger charge is 2.29. The van der Waals surface area contributed by atoms with E-state index < -0.39 is 10.0 Å². The topological polar surface area (TPSA) is 72.6 Å². The van der Waals surface area contributed by atoms with Crippen molar-refractivity contribution < 1.29 is 17.6 Å². The number of hydrogen-bond acceptors (Lipinski definition) is 5. The fourth-order valence-corrected chi connectivity index (χ4v) is 5.03. The SMILES string of the molecule is CCOc1ccccc1N(Cc1nc(-c2cccc(C)c2)oc1C)S(=O)(=O)c1ccccc1. The quantitative estimate of drug-likeness (QED) is 0.333. The van der Waals surface area contributed by atoms with E-state index in [1.54, 1.807) is 55.5 Å². The summed E-state index contributed by atoms with van der Waals surface area (Å²) >= 11 is 0. The molecule has 0 radical (unpaired) electrons. The van der Waals surface area contributed by atoms with Crippen LogP contribution in [0.4, 0.5) is 5.69 Å². The summed E-state index contributed by atoms with van der Waals surface area (Å²) in [5.74, 6) is 1.51. The molecule has 7 heteroatoms. The van der Waals surface area contributed by atoms with Crippen LogP contribution in [0.5, 0.6) is 5.75 Å². The van der Waals surface area contributed by atoms with Gasteiger partial charge in [-0.1, -0.05) is 48.0 Å². The largest absolute Gasteiger partial charge is 0.492 e. The number of rotatable bonds is 8. The fourth-order valence-electron chi connectivity index (χ4n) is 3.57. The molecule has 0 bridgehead atoms. The molecule has 1 heterocycles. The summed E-state index contributed by atoms with van der Waals surface area (Å²) in [7, 11) is -3.90. The molecule has 0 saturated heterocycles. The van der Waals surface area contributed by atoms with Crippen LogP contribution in [0, 0.1) is 13.8 Å². The van der Waals surface area contributed by atoms with Crippen molar-refractivity contribution in [3.63, 3.8) is 0 Å². The van der Waals surface area contributed by atoms with Gasteiger partial charge in [0.25, 0.3) is 10.0 Å². The lowest BCUT2D eigenvalue weighted by molar-refractivity contribution is 0.341. The van der Waals surface area contributed by atoms with Crippen LogP contribution in [0.2, 0.25) is 0 Å². The number of ether oxygens (including phenoxy) is 1. The monoisotopic (exact) mass is 462 g/mol. The number of para-hydroxylation sites is 2. The third kappa shape index (κ3) is 4.78. The van der Waals surface area contributed by atoms with Crippen molar-refractivity contribution in [2.75, 3.05) is 10.9 Å². The first-order valence-corrected chi connectivity index (χ1v) is 12.2. The number of hydrogen-bond donors (Lipinski definition) is 0. The van der Waals surface area contributed by atoms with Crippen molar-refractivity contribution in [1.29, 1.82) is 0 Å². The Morgan fingerprint density at radius 2 is 1.67 bits per heavy atom. The van der Waals surface area contributed by atoms with Crippen molar-refractivity contribution in [2.45, 2.75) is 32.2 Å². The Balaban J connectivity index is 1.80. The van der Waals surface area contributed by atoms with Crippen LogP contribution in [0.1, 0.15) is 23.9 Å². The average molecular weight is 463 g/mol. The molecule has 33 heavy (non-hydrogen) atoms. The molecule has 0 atom stereocenters. The lowest BCUT2D eigenvalue weighted by atomic mass is 10.1. The van der Waals surface area contributed by atoms with E-state index >= 15 is 0 Å². The first-order valence-electron chi connectivity index (χ1n) is 10.7. The molecule has 0 aliphatic carbocycles. The van der Waals surface area contributed by atoms with Crippen LogP contribution in [-0.4, -0.2) is 20.0 Å². The van der Waals surface area contributed by atoms with Crippen LogP contribution >= 0.6 is 0 Å². The Morgan fingerprint density at radius 1 is 0.939 bits per heavy atom. The highest BCUT2D eigenvalue weighted by molar-refractivity contribution is 7.92. The average Bonchev–Trinajstić information content (AvgIpc) is 3.19. The summed E-state index contributed by atoms with van der Waals surface area (Å²) in [4.78, 5) is 4.85. The van der Waals surface area contributed by atoms with Crippen LogP contribution < -0.4 is 9.04 Å². The molecule has 170 valence electrons. The van der Waals surface area contributed by atoms with E-state index in [2.05, 4.69) is 4.98 Å². The van der Waals surface area contributed by atoms with Gasteiger partial charge in [-0.3, -0.25) is 4.31 Å². The zero-order chi connectivity index (χ0) is 23.4. The number of anilines is 1. The summed E-state index contributed by atoms with van der Waals surface area (Å²) in [5.41, 5.74) is 2.92. The van der Waals surface area contributed by atoms with E-state index in [0.29, 0.717) is 35.4 Å². The number of sulfonamides is 1. The van der Waals surface area contributed by atoms with E-state index in [-0.39, 0.29) is 11.4 Å². The van der Waals surface area contributed by atoms with Crippen molar-refractivity contribution in [2.24, 2.45) is 0 Å². The van der Waals surface area contributed by atoms with Crippen LogP contribution in [0.3, 0.4) is 0 Å². The van der Waals surface area contributed by atoms with Gasteiger partial charge < -0.3 is 9.15 Å². The number of oxazole rings is 1. The molecule has 0 spiro atoms. The van der Waals surface area contributed by atoms with E-state index in [0.717, 1.165) is 11.1 Å². The molecule has 0 N–H and O–H groups in total. The van der Waals surface area contributed by atoms with Crippen LogP contribution in [0.15, 0.2) is 88.2 Å². The third-order valence-electron chi connectivity index (χ3n) is 5.22. The van der Waals surface area contributed by atoms with Gasteiger partial charge in [-0.15, -0.1) is 0 Å². The lowest BCUT2D eigenvalue weighted by Crippen LogP contribution is -2.31. The summed E-state index contributed by atoms with van der Waals surface area (Å²) in [5, 5.41) is 0. The van der Waals surface area contributed by atoms with E-state index in [9.17, 15) is 8.42 Å². The van der Waals surface area contributed by atoms with Gasteiger partial charge >= 0.3 is 0 Å². The Hall–Kier alpha value is -3.58. The molecular formula is C26H26N2O4S. The third-order valence-corrected chi connectivity index (χ3v) is 6.99. The molecule has 3 aromatic carbocycles. The minimum atomic E-state index is -3.90. The standard InChI is InChI=1S/C26H26N2O4S/c1-4-31-25-16-9-8-15-24(25)28(33(29,30)22-13-6-5-7-14-22)18-23-20(3)32-26(27-23)21-12-10-11-19(2)17-21/h5-17H,4,18H2,1-3H3. The minimum absolute atomic E-state index is 0.00244. The second-order valence-corrected chi connectivity index (χ2v) is 9.48. The van der Waals surface area contributed by atoms with Gasteiger partial charge in [-0.2, -0.15) is 0 Å². The Labute approximate surface area is 194 Å². The van der Waals surface area contributed by atoms with Gasteiger partial charge in [0.05, 0.1) is 23.7 Å². The van der Waals surface area contributed by atoms with Gasteiger partial charge in [-0.25, -0.2) is 13.4 Å². The molecule has 0 saturated carbocycles. The minimum Gasteiger partial charge on any atom is -0.492 e. The zero-order valence-corrected chi connectivity index (χ0v) is 19.7. The van der Waals surface area contributed by atoms with Gasteiger partial charge in [0.2, 0.25) is 5.89 Å². The Morgan fingerprint density at radius 3 is 2.39 bits per heavy atom. The summed E-state index contributed by atoms with van der Waals surface area (Å²) < 4.78 is 40.5. The predicted molar refractivity (Wildman–Crippen MR) is 129 cm³/mol. The Kier molecular flexibility index (Phi) is 6.51. The maximum Gasteiger partial charge on any atom is 0.264 e. The number of nitrogens with zero attached hydrogens (tertiary/aromatic N) is 2. The van der Waals surface area contributed by atoms with Gasteiger partial charge in [-0.05, 0) is 57.2 Å². The molecular weight excluding hydrogens is 436 g/mol. The molecule has 0 aliphatic heterocycles. The first-order chi connectivity index (χ1) is 15.9. The number of aromatic nitrogens is 1. The van der Waals surface area contributed by atoms with Gasteiger partial charge in [0, 0.05) is 5.56 Å². The van der Waals surface area contributed by atoms with Crippen molar-refractivity contribution in [3.05, 3.63) is 95.9 Å². The van der Waals surface area contributed by atoms with Crippen LogP contribution in [0.25, 0.3) is 11.5 Å². The molecule has 0 aliphatic rings. The summed E-state index contributed by atoms with van der Waals surface area (Å²) in [6, 6.07) is 23.3. The number of benzene rings is 3. The number of aryl methyl sites for hydroxylation is 2. The molecule has 6 nitrogen and oxygen atoms in total. The Bertz CT molecular complexity index is 1350. The molecule has 0 fully saturated rings. The molecule has 1 aromatic heterocycles. The summed E-state index contributed by atoms with van der Waals surface area (Å²) in [6.07, 6.45) is 0. The molecule has 0 amide bonds. The van der Waals surface area contributed by atoms with Crippen LogP contribution in [-0.2, 0) is 16.6 Å². The second kappa shape index (κ2) is 9.50. The predicted octanol–water partition coefficient (Wildman–Crippen LogP) is 5.75. The normalized spacial score (nSPS) is 11.4. The van der Waals surface area contributed by atoms with E-state index in [1.807, 2.05) is 44.2 Å². The van der Waals surface area contributed by atoms with E-state index in [4.69, 9.17) is 9.15 Å². The van der Waals surface area contributed by atoms with Crippen molar-refractivity contribution >= 4 is 15.7 Å². The first kappa shape index (κ1) is 22.6. The van der Waals surface area contributed by atoms with E-state index in [1.165, 1.54) is 4.31 Å².